The quantitative estimate of drug-likeness (QED) is 0.457. The molecule has 3 aromatic carbocycles. The van der Waals surface area contributed by atoms with E-state index in [2.05, 4.69) is 46.7 Å². The lowest BCUT2D eigenvalue weighted by Gasteiger charge is -2.11. The van der Waals surface area contributed by atoms with Crippen LogP contribution in [0, 0.1) is 0 Å². The molecule has 1 aromatic heterocycles. The Balaban J connectivity index is 1.35. The normalized spacial score (nSPS) is 16.9. The SMILES string of the molecule is O=C1NC(=O)C(Cc2ccc3cc(-c4cc5c(c(-c6ccncc6)c4)OCO5)ccc3c2)S1. The van der Waals surface area contributed by atoms with E-state index in [-0.39, 0.29) is 23.2 Å². The molecule has 1 atom stereocenters. The lowest BCUT2D eigenvalue weighted by atomic mass is 9.95. The first-order chi connectivity index (χ1) is 16.1. The third-order valence-corrected chi connectivity index (χ3v) is 6.87. The van der Waals surface area contributed by atoms with Crippen LogP contribution in [-0.4, -0.2) is 28.2 Å². The van der Waals surface area contributed by atoms with Gasteiger partial charge in [-0.25, -0.2) is 0 Å². The standard InChI is InChI=1S/C26H18N2O4S/c29-25-23(33-26(30)28-25)10-15-1-2-18-11-19(4-3-17(18)9-15)20-12-21(16-5-7-27-8-6-16)24-22(13-20)31-14-32-24/h1-9,11-13,23H,10,14H2,(H,28,29,30). The smallest absolute Gasteiger partial charge is 0.286 e. The van der Waals surface area contributed by atoms with Crippen molar-refractivity contribution in [1.29, 1.82) is 0 Å². The summed E-state index contributed by atoms with van der Waals surface area (Å²) in [6.07, 6.45) is 4.06. The van der Waals surface area contributed by atoms with E-state index in [9.17, 15) is 9.59 Å². The first-order valence-electron chi connectivity index (χ1n) is 10.5. The van der Waals surface area contributed by atoms with E-state index in [0.29, 0.717) is 6.42 Å². The van der Waals surface area contributed by atoms with Gasteiger partial charge in [-0.05, 0) is 69.8 Å². The number of thioether (sulfide) groups is 1. The fourth-order valence-electron chi connectivity index (χ4n) is 4.27. The number of benzene rings is 3. The van der Waals surface area contributed by atoms with Gasteiger partial charge in [0.1, 0.15) is 0 Å². The predicted molar refractivity (Wildman–Crippen MR) is 127 cm³/mol. The molecule has 6 rings (SSSR count). The van der Waals surface area contributed by atoms with E-state index in [4.69, 9.17) is 9.47 Å². The van der Waals surface area contributed by atoms with Crippen LogP contribution >= 0.6 is 11.8 Å². The van der Waals surface area contributed by atoms with E-state index in [0.717, 1.165) is 61.9 Å². The van der Waals surface area contributed by atoms with E-state index in [1.54, 1.807) is 12.4 Å². The van der Waals surface area contributed by atoms with Crippen molar-refractivity contribution in [3.8, 4) is 33.8 Å². The number of pyridine rings is 1. The van der Waals surface area contributed by atoms with Crippen LogP contribution in [0.4, 0.5) is 4.79 Å². The second-order valence-electron chi connectivity index (χ2n) is 7.98. The largest absolute Gasteiger partial charge is 0.454 e. The highest BCUT2D eigenvalue weighted by Crippen LogP contribution is 2.44. The van der Waals surface area contributed by atoms with Crippen molar-refractivity contribution in [2.24, 2.45) is 0 Å². The van der Waals surface area contributed by atoms with Gasteiger partial charge >= 0.3 is 0 Å². The Hall–Kier alpha value is -3.84. The first kappa shape index (κ1) is 19.8. The van der Waals surface area contributed by atoms with Gasteiger partial charge in [-0.3, -0.25) is 19.9 Å². The molecule has 6 nitrogen and oxygen atoms in total. The lowest BCUT2D eigenvalue weighted by molar-refractivity contribution is -0.118. The summed E-state index contributed by atoms with van der Waals surface area (Å²) in [7, 11) is 0. The molecule has 33 heavy (non-hydrogen) atoms. The Bertz CT molecular complexity index is 1420. The number of hydrogen-bond acceptors (Lipinski definition) is 6. The molecule has 1 saturated heterocycles. The summed E-state index contributed by atoms with van der Waals surface area (Å²) >= 11 is 1.06. The van der Waals surface area contributed by atoms with Crippen molar-refractivity contribution >= 4 is 33.7 Å². The second-order valence-corrected chi connectivity index (χ2v) is 9.15. The molecular formula is C26H18N2O4S. The van der Waals surface area contributed by atoms with Crippen LogP contribution in [0.25, 0.3) is 33.0 Å². The van der Waals surface area contributed by atoms with Crippen LogP contribution in [0.15, 0.2) is 73.1 Å². The molecule has 0 bridgehead atoms. The molecule has 0 spiro atoms. The molecule has 2 aliphatic rings. The van der Waals surface area contributed by atoms with Gasteiger partial charge in [-0.15, -0.1) is 0 Å². The van der Waals surface area contributed by atoms with Crippen molar-refractivity contribution in [1.82, 2.24) is 10.3 Å². The van der Waals surface area contributed by atoms with Crippen molar-refractivity contribution in [3.05, 3.63) is 78.6 Å². The summed E-state index contributed by atoms with van der Waals surface area (Å²) < 4.78 is 11.4. The number of hydrogen-bond donors (Lipinski definition) is 1. The highest BCUT2D eigenvalue weighted by molar-refractivity contribution is 8.15. The Morgan fingerprint density at radius 2 is 1.70 bits per heavy atom. The number of rotatable bonds is 4. The number of ether oxygens (including phenoxy) is 2. The van der Waals surface area contributed by atoms with Crippen LogP contribution in [0.5, 0.6) is 11.5 Å². The van der Waals surface area contributed by atoms with Gasteiger partial charge in [-0.1, -0.05) is 42.1 Å². The minimum atomic E-state index is -0.366. The van der Waals surface area contributed by atoms with Crippen LogP contribution in [0.2, 0.25) is 0 Å². The minimum Gasteiger partial charge on any atom is -0.454 e. The zero-order valence-corrected chi connectivity index (χ0v) is 18.2. The summed E-state index contributed by atoms with van der Waals surface area (Å²) in [5, 5.41) is 3.89. The average molecular weight is 455 g/mol. The van der Waals surface area contributed by atoms with Crippen LogP contribution in [0.1, 0.15) is 5.56 Å². The molecular weight excluding hydrogens is 436 g/mol. The van der Waals surface area contributed by atoms with Crippen molar-refractivity contribution in [2.45, 2.75) is 11.7 Å². The lowest BCUT2D eigenvalue weighted by Crippen LogP contribution is -2.25. The van der Waals surface area contributed by atoms with Gasteiger partial charge in [0.25, 0.3) is 5.24 Å². The third kappa shape index (κ3) is 3.70. The van der Waals surface area contributed by atoms with Gasteiger partial charge in [0.15, 0.2) is 11.5 Å². The molecule has 1 N–H and O–H groups in total. The molecule has 0 saturated carbocycles. The predicted octanol–water partition coefficient (Wildman–Crippen LogP) is 5.19. The van der Waals surface area contributed by atoms with Crippen molar-refractivity contribution in [3.63, 3.8) is 0 Å². The molecule has 3 heterocycles. The van der Waals surface area contributed by atoms with E-state index < -0.39 is 0 Å². The van der Waals surface area contributed by atoms with Crippen LogP contribution in [0.3, 0.4) is 0 Å². The van der Waals surface area contributed by atoms with Crippen LogP contribution in [-0.2, 0) is 11.2 Å². The fraction of sp³-hybridized carbons (Fsp3) is 0.115. The number of fused-ring (bicyclic) bond motifs is 2. The number of imide groups is 1. The molecule has 4 aromatic rings. The fourth-order valence-corrected chi connectivity index (χ4v) is 5.13. The first-order valence-corrected chi connectivity index (χ1v) is 11.4. The molecule has 0 aliphatic carbocycles. The Kier molecular flexibility index (Phi) is 4.77. The molecule has 1 fully saturated rings. The summed E-state index contributed by atoms with van der Waals surface area (Å²) in [6.45, 7) is 0.209. The Labute approximate surface area is 193 Å². The third-order valence-electron chi connectivity index (χ3n) is 5.89. The molecule has 7 heteroatoms. The van der Waals surface area contributed by atoms with E-state index in [1.807, 2.05) is 24.3 Å². The van der Waals surface area contributed by atoms with Crippen molar-refractivity contribution in [2.75, 3.05) is 6.79 Å². The highest BCUT2D eigenvalue weighted by Gasteiger charge is 2.31. The summed E-state index contributed by atoms with van der Waals surface area (Å²) in [6, 6.07) is 20.5. The highest BCUT2D eigenvalue weighted by atomic mass is 32.2. The van der Waals surface area contributed by atoms with Gasteiger partial charge < -0.3 is 9.47 Å². The Morgan fingerprint density at radius 1 is 0.879 bits per heavy atom. The Morgan fingerprint density at radius 3 is 2.52 bits per heavy atom. The number of nitrogens with one attached hydrogen (secondary N) is 1. The van der Waals surface area contributed by atoms with Gasteiger partial charge in [0, 0.05) is 18.0 Å². The number of amides is 2. The zero-order chi connectivity index (χ0) is 22.4. The molecule has 0 radical (unpaired) electrons. The molecule has 2 aliphatic heterocycles. The van der Waals surface area contributed by atoms with Gasteiger partial charge in [0.05, 0.1) is 5.25 Å². The average Bonchev–Trinajstić information content (AvgIpc) is 3.44. The number of nitrogens with zero attached hydrogens (tertiary/aromatic N) is 1. The maximum Gasteiger partial charge on any atom is 0.286 e. The van der Waals surface area contributed by atoms with Crippen LogP contribution < -0.4 is 14.8 Å². The van der Waals surface area contributed by atoms with Crippen molar-refractivity contribution < 1.29 is 19.1 Å². The molecule has 162 valence electrons. The monoisotopic (exact) mass is 454 g/mol. The topological polar surface area (TPSA) is 77.5 Å². The molecule has 1 unspecified atom stereocenters. The molecule has 2 amide bonds. The van der Waals surface area contributed by atoms with Gasteiger partial charge in [-0.2, -0.15) is 0 Å². The maximum absolute atomic E-state index is 11.9. The number of carbonyl (C=O) groups excluding carboxylic acids is 2. The summed E-state index contributed by atoms with van der Waals surface area (Å²) in [4.78, 5) is 27.4. The number of carbonyl (C=O) groups is 2. The minimum absolute atomic E-state index is 0.209. The summed E-state index contributed by atoms with van der Waals surface area (Å²) in [5.74, 6) is 1.27. The summed E-state index contributed by atoms with van der Waals surface area (Å²) in [5.41, 5.74) is 5.13. The number of aromatic nitrogens is 1. The van der Waals surface area contributed by atoms with Gasteiger partial charge in [0.2, 0.25) is 12.7 Å². The zero-order valence-electron chi connectivity index (χ0n) is 17.4. The second kappa shape index (κ2) is 7.94. The van der Waals surface area contributed by atoms with E-state index >= 15 is 0 Å². The van der Waals surface area contributed by atoms with E-state index in [1.165, 1.54) is 0 Å². The maximum atomic E-state index is 11.9.